The SMILES string of the molecule is CC(C)CC(O)CNC(=O)Nc1cccnc1. The summed E-state index contributed by atoms with van der Waals surface area (Å²) in [6, 6.07) is 3.15. The smallest absolute Gasteiger partial charge is 0.319 e. The highest BCUT2D eigenvalue weighted by molar-refractivity contribution is 5.88. The summed E-state index contributed by atoms with van der Waals surface area (Å²) in [6.07, 6.45) is 3.36. The van der Waals surface area contributed by atoms with Crippen molar-refractivity contribution >= 4 is 11.7 Å². The lowest BCUT2D eigenvalue weighted by Crippen LogP contribution is -2.35. The van der Waals surface area contributed by atoms with E-state index in [2.05, 4.69) is 15.6 Å². The number of pyridine rings is 1. The first-order chi connectivity index (χ1) is 8.08. The van der Waals surface area contributed by atoms with Gasteiger partial charge in [0.05, 0.1) is 18.0 Å². The highest BCUT2D eigenvalue weighted by atomic mass is 16.3. The number of urea groups is 1. The van der Waals surface area contributed by atoms with Crippen molar-refractivity contribution in [1.82, 2.24) is 10.3 Å². The first kappa shape index (κ1) is 13.4. The second-order valence-corrected chi connectivity index (χ2v) is 4.36. The van der Waals surface area contributed by atoms with Crippen LogP contribution in [0, 0.1) is 5.92 Å². The largest absolute Gasteiger partial charge is 0.391 e. The molecular formula is C12H19N3O2. The second-order valence-electron chi connectivity index (χ2n) is 4.36. The number of nitrogens with zero attached hydrogens (tertiary/aromatic N) is 1. The molecule has 0 saturated carbocycles. The number of anilines is 1. The number of hydrogen-bond donors (Lipinski definition) is 3. The summed E-state index contributed by atoms with van der Waals surface area (Å²) in [5, 5.41) is 14.8. The average molecular weight is 237 g/mol. The van der Waals surface area contributed by atoms with E-state index < -0.39 is 6.10 Å². The minimum absolute atomic E-state index is 0.254. The van der Waals surface area contributed by atoms with Gasteiger partial charge in [-0.2, -0.15) is 0 Å². The van der Waals surface area contributed by atoms with Crippen LogP contribution in [0.1, 0.15) is 20.3 Å². The predicted octanol–water partition coefficient (Wildman–Crippen LogP) is 1.61. The van der Waals surface area contributed by atoms with Gasteiger partial charge >= 0.3 is 6.03 Å². The Morgan fingerprint density at radius 1 is 1.53 bits per heavy atom. The van der Waals surface area contributed by atoms with E-state index in [0.29, 0.717) is 18.0 Å². The lowest BCUT2D eigenvalue weighted by atomic mass is 10.1. The molecule has 0 spiro atoms. The third-order valence-electron chi connectivity index (χ3n) is 2.16. The van der Waals surface area contributed by atoms with E-state index in [4.69, 9.17) is 0 Å². The number of rotatable bonds is 5. The summed E-state index contributed by atoms with van der Waals surface area (Å²) in [6.45, 7) is 4.31. The summed E-state index contributed by atoms with van der Waals surface area (Å²) in [5.74, 6) is 0.410. The molecule has 2 amide bonds. The molecule has 0 aliphatic carbocycles. The van der Waals surface area contributed by atoms with Gasteiger partial charge in [-0.05, 0) is 24.5 Å². The fourth-order valence-electron chi connectivity index (χ4n) is 1.45. The van der Waals surface area contributed by atoms with Gasteiger partial charge in [0.25, 0.3) is 0 Å². The Bertz CT molecular complexity index is 341. The Labute approximate surface area is 101 Å². The molecule has 17 heavy (non-hydrogen) atoms. The monoisotopic (exact) mass is 237 g/mol. The van der Waals surface area contributed by atoms with Crippen LogP contribution >= 0.6 is 0 Å². The number of aromatic nitrogens is 1. The van der Waals surface area contributed by atoms with Gasteiger partial charge in [0.2, 0.25) is 0 Å². The number of aliphatic hydroxyl groups is 1. The molecule has 0 saturated heterocycles. The number of aliphatic hydroxyl groups excluding tert-OH is 1. The third-order valence-corrected chi connectivity index (χ3v) is 2.16. The summed E-state index contributed by atoms with van der Waals surface area (Å²) in [4.78, 5) is 15.3. The zero-order valence-electron chi connectivity index (χ0n) is 10.2. The zero-order chi connectivity index (χ0) is 12.7. The van der Waals surface area contributed by atoms with Gasteiger partial charge in [-0.25, -0.2) is 4.79 Å². The molecule has 1 heterocycles. The fourth-order valence-corrected chi connectivity index (χ4v) is 1.45. The van der Waals surface area contributed by atoms with E-state index in [0.717, 1.165) is 0 Å². The van der Waals surface area contributed by atoms with Crippen LogP contribution in [0.5, 0.6) is 0 Å². The van der Waals surface area contributed by atoms with Gasteiger partial charge in [0.1, 0.15) is 0 Å². The van der Waals surface area contributed by atoms with Gasteiger partial charge in [0.15, 0.2) is 0 Å². The number of carbonyl (C=O) groups is 1. The Kier molecular flexibility index (Phi) is 5.42. The molecule has 1 aromatic heterocycles. The van der Waals surface area contributed by atoms with Crippen LogP contribution in [0.25, 0.3) is 0 Å². The Balaban J connectivity index is 2.26. The molecule has 1 unspecified atom stereocenters. The molecule has 5 nitrogen and oxygen atoms in total. The molecule has 0 fully saturated rings. The van der Waals surface area contributed by atoms with Crippen LogP contribution in [0.4, 0.5) is 10.5 Å². The fraction of sp³-hybridized carbons (Fsp3) is 0.500. The van der Waals surface area contributed by atoms with Crippen LogP contribution < -0.4 is 10.6 Å². The number of amides is 2. The standard InChI is InChI=1S/C12H19N3O2/c1-9(2)6-11(16)8-14-12(17)15-10-4-3-5-13-7-10/h3-5,7,9,11,16H,6,8H2,1-2H3,(H2,14,15,17). The van der Waals surface area contributed by atoms with Crippen molar-refractivity contribution < 1.29 is 9.90 Å². The highest BCUT2D eigenvalue weighted by Crippen LogP contribution is 2.04. The Morgan fingerprint density at radius 2 is 2.29 bits per heavy atom. The van der Waals surface area contributed by atoms with E-state index >= 15 is 0 Å². The first-order valence-electron chi connectivity index (χ1n) is 5.71. The molecule has 1 aromatic rings. The molecule has 1 rings (SSSR count). The van der Waals surface area contributed by atoms with Gasteiger partial charge in [-0.1, -0.05) is 13.8 Å². The van der Waals surface area contributed by atoms with Crippen molar-refractivity contribution in [3.63, 3.8) is 0 Å². The van der Waals surface area contributed by atoms with Crippen molar-refractivity contribution in [2.24, 2.45) is 5.92 Å². The quantitative estimate of drug-likeness (QED) is 0.728. The van der Waals surface area contributed by atoms with Gasteiger partial charge < -0.3 is 15.7 Å². The van der Waals surface area contributed by atoms with E-state index in [1.807, 2.05) is 13.8 Å². The van der Waals surface area contributed by atoms with Crippen LogP contribution in [-0.4, -0.2) is 28.8 Å². The maximum Gasteiger partial charge on any atom is 0.319 e. The lowest BCUT2D eigenvalue weighted by Gasteiger charge is -2.14. The van der Waals surface area contributed by atoms with Crippen molar-refractivity contribution in [3.8, 4) is 0 Å². The third kappa shape index (κ3) is 5.87. The molecule has 5 heteroatoms. The predicted molar refractivity (Wildman–Crippen MR) is 66.7 cm³/mol. The van der Waals surface area contributed by atoms with E-state index in [-0.39, 0.29) is 12.6 Å². The molecule has 0 radical (unpaired) electrons. The lowest BCUT2D eigenvalue weighted by molar-refractivity contribution is 0.148. The van der Waals surface area contributed by atoms with E-state index in [9.17, 15) is 9.90 Å². The van der Waals surface area contributed by atoms with Crippen molar-refractivity contribution in [2.75, 3.05) is 11.9 Å². The summed E-state index contributed by atoms with van der Waals surface area (Å²) in [5.41, 5.74) is 0.628. The van der Waals surface area contributed by atoms with Crippen molar-refractivity contribution in [3.05, 3.63) is 24.5 Å². The van der Waals surface area contributed by atoms with Crippen LogP contribution in [-0.2, 0) is 0 Å². The van der Waals surface area contributed by atoms with Gasteiger partial charge in [-0.3, -0.25) is 4.98 Å². The molecule has 0 aliphatic rings. The summed E-state index contributed by atoms with van der Waals surface area (Å²) >= 11 is 0. The summed E-state index contributed by atoms with van der Waals surface area (Å²) < 4.78 is 0. The normalized spacial score (nSPS) is 12.2. The molecule has 0 aliphatic heterocycles. The van der Waals surface area contributed by atoms with Crippen molar-refractivity contribution in [1.29, 1.82) is 0 Å². The topological polar surface area (TPSA) is 74.2 Å². The molecule has 94 valence electrons. The van der Waals surface area contributed by atoms with E-state index in [1.54, 1.807) is 24.5 Å². The Hall–Kier alpha value is -1.62. The molecule has 0 aromatic carbocycles. The second kappa shape index (κ2) is 6.85. The maximum atomic E-state index is 11.4. The molecule has 1 atom stereocenters. The Morgan fingerprint density at radius 3 is 2.88 bits per heavy atom. The minimum atomic E-state index is -0.505. The average Bonchev–Trinajstić information content (AvgIpc) is 2.27. The molecule has 3 N–H and O–H groups in total. The van der Waals surface area contributed by atoms with Crippen molar-refractivity contribution in [2.45, 2.75) is 26.4 Å². The number of hydrogen-bond acceptors (Lipinski definition) is 3. The number of carbonyl (C=O) groups excluding carboxylic acids is 1. The van der Waals surface area contributed by atoms with Crippen LogP contribution in [0.15, 0.2) is 24.5 Å². The van der Waals surface area contributed by atoms with Gasteiger partial charge in [-0.15, -0.1) is 0 Å². The molecule has 0 bridgehead atoms. The maximum absolute atomic E-state index is 11.4. The first-order valence-corrected chi connectivity index (χ1v) is 5.71. The number of nitrogens with one attached hydrogen (secondary N) is 2. The van der Waals surface area contributed by atoms with Gasteiger partial charge in [0, 0.05) is 12.7 Å². The van der Waals surface area contributed by atoms with Crippen LogP contribution in [0.2, 0.25) is 0 Å². The van der Waals surface area contributed by atoms with Crippen LogP contribution in [0.3, 0.4) is 0 Å². The molecular weight excluding hydrogens is 218 g/mol. The van der Waals surface area contributed by atoms with E-state index in [1.165, 1.54) is 0 Å². The zero-order valence-corrected chi connectivity index (χ0v) is 10.2. The summed E-state index contributed by atoms with van der Waals surface area (Å²) in [7, 11) is 0. The highest BCUT2D eigenvalue weighted by Gasteiger charge is 2.08. The minimum Gasteiger partial charge on any atom is -0.391 e.